The number of thiol groups is 1. The Morgan fingerprint density at radius 2 is 1.90 bits per heavy atom. The summed E-state index contributed by atoms with van der Waals surface area (Å²) in [6, 6.07) is 10.2. The lowest BCUT2D eigenvalue weighted by Crippen LogP contribution is -2.25. The fraction of sp³-hybridized carbons (Fsp3) is 0.375. The van der Waals surface area contributed by atoms with Gasteiger partial charge in [-0.2, -0.15) is 12.6 Å². The van der Waals surface area contributed by atoms with E-state index in [1.807, 2.05) is 18.3 Å². The van der Waals surface area contributed by atoms with E-state index in [2.05, 4.69) is 46.4 Å². The maximum absolute atomic E-state index is 11.0. The quantitative estimate of drug-likeness (QED) is 0.519. The van der Waals surface area contributed by atoms with E-state index in [4.69, 9.17) is 0 Å². The molecule has 0 unspecified atom stereocenters. The predicted octanol–water partition coefficient (Wildman–Crippen LogP) is 2.86. The van der Waals surface area contributed by atoms with Crippen molar-refractivity contribution >= 4 is 35.1 Å². The molecule has 0 bridgehead atoms. The lowest BCUT2D eigenvalue weighted by atomic mass is 10.2. The van der Waals surface area contributed by atoms with E-state index < -0.39 is 0 Å². The van der Waals surface area contributed by atoms with Gasteiger partial charge in [-0.25, -0.2) is 0 Å². The molecule has 0 aliphatic heterocycles. The summed E-state index contributed by atoms with van der Waals surface area (Å²) in [7, 11) is 0. The number of rotatable bonds is 8. The van der Waals surface area contributed by atoms with Crippen molar-refractivity contribution in [3.8, 4) is 0 Å². The fourth-order valence-corrected chi connectivity index (χ4v) is 2.29. The van der Waals surface area contributed by atoms with Gasteiger partial charge < -0.3 is 10.6 Å². The number of anilines is 1. The summed E-state index contributed by atoms with van der Waals surface area (Å²) in [5.74, 6) is 0.258. The number of fused-ring (bicyclic) bond motifs is 1. The summed E-state index contributed by atoms with van der Waals surface area (Å²) >= 11 is 3.92. The van der Waals surface area contributed by atoms with E-state index in [1.165, 1.54) is 0 Å². The molecule has 1 heterocycles. The van der Waals surface area contributed by atoms with Crippen LogP contribution in [0.1, 0.15) is 19.3 Å². The Morgan fingerprint density at radius 3 is 2.76 bits per heavy atom. The molecule has 0 saturated heterocycles. The van der Waals surface area contributed by atoms with E-state index in [9.17, 15) is 4.79 Å². The molecule has 1 aromatic heterocycles. The second-order valence-corrected chi connectivity index (χ2v) is 5.19. The van der Waals surface area contributed by atoms with Crippen LogP contribution in [0, 0.1) is 0 Å². The van der Waals surface area contributed by atoms with Crippen molar-refractivity contribution in [1.82, 2.24) is 10.3 Å². The summed E-state index contributed by atoms with van der Waals surface area (Å²) in [4.78, 5) is 15.4. The summed E-state index contributed by atoms with van der Waals surface area (Å²) in [6.07, 6.45) is 4.96. The lowest BCUT2D eigenvalue weighted by molar-refractivity contribution is -0.118. The van der Waals surface area contributed by atoms with Crippen molar-refractivity contribution in [3.05, 3.63) is 36.5 Å². The monoisotopic (exact) mass is 303 g/mol. The summed E-state index contributed by atoms with van der Waals surface area (Å²) in [6.45, 7) is 1.64. The van der Waals surface area contributed by atoms with Gasteiger partial charge in [-0.15, -0.1) is 0 Å². The van der Waals surface area contributed by atoms with Gasteiger partial charge in [0.25, 0.3) is 0 Å². The normalized spacial score (nSPS) is 10.5. The first-order chi connectivity index (χ1) is 10.3. The molecule has 0 radical (unpaired) electrons. The van der Waals surface area contributed by atoms with Gasteiger partial charge in [-0.3, -0.25) is 9.78 Å². The van der Waals surface area contributed by atoms with Crippen molar-refractivity contribution in [3.63, 3.8) is 0 Å². The van der Waals surface area contributed by atoms with Gasteiger partial charge in [-0.1, -0.05) is 18.2 Å². The van der Waals surface area contributed by atoms with Gasteiger partial charge >= 0.3 is 0 Å². The third-order valence-corrected chi connectivity index (χ3v) is 3.55. The highest BCUT2D eigenvalue weighted by atomic mass is 32.1. The smallest absolute Gasteiger partial charge is 0.229 e. The molecule has 2 rings (SSSR count). The zero-order valence-corrected chi connectivity index (χ0v) is 12.9. The number of unbranched alkanes of at least 4 members (excludes halogenated alkanes) is 2. The van der Waals surface area contributed by atoms with Gasteiger partial charge in [0.15, 0.2) is 0 Å². The Bertz CT molecular complexity index is 583. The molecule has 1 aromatic carbocycles. The molecule has 2 N–H and O–H groups in total. The highest BCUT2D eigenvalue weighted by molar-refractivity contribution is 7.81. The minimum Gasteiger partial charge on any atom is -0.383 e. The Balaban J connectivity index is 1.70. The first-order valence-electron chi connectivity index (χ1n) is 7.26. The molecular weight excluding hydrogens is 282 g/mol. The molecule has 2 aromatic rings. The van der Waals surface area contributed by atoms with Gasteiger partial charge in [0, 0.05) is 24.7 Å². The number of amides is 1. The highest BCUT2D eigenvalue weighted by Crippen LogP contribution is 2.20. The van der Waals surface area contributed by atoms with Crippen LogP contribution in [-0.4, -0.2) is 29.7 Å². The van der Waals surface area contributed by atoms with Crippen molar-refractivity contribution < 1.29 is 4.79 Å². The molecule has 0 aliphatic carbocycles. The molecule has 0 aliphatic rings. The predicted molar refractivity (Wildman–Crippen MR) is 90.9 cm³/mol. The third-order valence-electron chi connectivity index (χ3n) is 3.27. The van der Waals surface area contributed by atoms with E-state index in [-0.39, 0.29) is 11.7 Å². The lowest BCUT2D eigenvalue weighted by Gasteiger charge is -2.09. The van der Waals surface area contributed by atoms with Crippen LogP contribution in [0.3, 0.4) is 0 Å². The molecule has 1 amide bonds. The number of nitrogens with zero attached hydrogens (tertiary/aromatic N) is 1. The second-order valence-electron chi connectivity index (χ2n) is 4.88. The molecule has 0 atom stereocenters. The fourth-order valence-electron chi connectivity index (χ4n) is 2.18. The zero-order valence-electron chi connectivity index (χ0n) is 12.0. The number of carbonyl (C=O) groups excluding carboxylic acids is 1. The number of hydrogen-bond acceptors (Lipinski definition) is 4. The third kappa shape index (κ3) is 4.93. The van der Waals surface area contributed by atoms with Crippen LogP contribution < -0.4 is 10.6 Å². The molecule has 21 heavy (non-hydrogen) atoms. The van der Waals surface area contributed by atoms with Crippen LogP contribution >= 0.6 is 12.6 Å². The van der Waals surface area contributed by atoms with Crippen LogP contribution in [0.5, 0.6) is 0 Å². The van der Waals surface area contributed by atoms with E-state index in [1.54, 1.807) is 0 Å². The van der Waals surface area contributed by atoms with Gasteiger partial charge in [0.1, 0.15) is 0 Å². The number of carbonyl (C=O) groups is 1. The Morgan fingerprint density at radius 1 is 1.10 bits per heavy atom. The van der Waals surface area contributed by atoms with Crippen LogP contribution in [0.25, 0.3) is 10.9 Å². The number of nitrogens with one attached hydrogen (secondary N) is 2. The van der Waals surface area contributed by atoms with E-state index in [0.717, 1.165) is 48.9 Å². The zero-order chi connectivity index (χ0) is 14.9. The molecule has 0 saturated carbocycles. The van der Waals surface area contributed by atoms with Crippen molar-refractivity contribution in [1.29, 1.82) is 0 Å². The van der Waals surface area contributed by atoms with Crippen molar-refractivity contribution in [2.24, 2.45) is 0 Å². The number of aromatic nitrogens is 1. The number of benzene rings is 1. The largest absolute Gasteiger partial charge is 0.383 e. The van der Waals surface area contributed by atoms with Crippen molar-refractivity contribution in [2.75, 3.05) is 24.2 Å². The molecular formula is C16H21N3OS. The molecule has 5 heteroatoms. The molecule has 112 valence electrons. The van der Waals surface area contributed by atoms with E-state index >= 15 is 0 Å². The average molecular weight is 303 g/mol. The minimum atomic E-state index is -0.00159. The first kappa shape index (κ1) is 15.6. The Hall–Kier alpha value is -1.75. The number of para-hydroxylation sites is 1. The van der Waals surface area contributed by atoms with Crippen LogP contribution in [0.2, 0.25) is 0 Å². The topological polar surface area (TPSA) is 54.0 Å². The van der Waals surface area contributed by atoms with Gasteiger partial charge in [0.05, 0.1) is 17.0 Å². The first-order valence-corrected chi connectivity index (χ1v) is 7.89. The summed E-state index contributed by atoms with van der Waals surface area (Å²) in [5.41, 5.74) is 2.09. The summed E-state index contributed by atoms with van der Waals surface area (Å²) in [5, 5.41) is 7.41. The molecule has 0 fully saturated rings. The number of pyridine rings is 1. The maximum atomic E-state index is 11.0. The Kier molecular flexibility index (Phi) is 6.34. The van der Waals surface area contributed by atoms with Gasteiger partial charge in [-0.05, 0) is 31.4 Å². The standard InChI is InChI=1S/C16H21N3OS/c20-15(12-21)18-10-3-1-2-9-17-14-8-4-6-13-7-5-11-19-16(13)14/h4-8,11,17,21H,1-3,9-10,12H2,(H,18,20). The maximum Gasteiger partial charge on any atom is 0.229 e. The van der Waals surface area contributed by atoms with Crippen LogP contribution in [0.15, 0.2) is 36.5 Å². The number of hydrogen-bond donors (Lipinski definition) is 3. The Labute approximate surface area is 130 Å². The molecule has 4 nitrogen and oxygen atoms in total. The van der Waals surface area contributed by atoms with Crippen LogP contribution in [-0.2, 0) is 4.79 Å². The van der Waals surface area contributed by atoms with E-state index in [0.29, 0.717) is 0 Å². The van der Waals surface area contributed by atoms with Gasteiger partial charge in [0.2, 0.25) is 5.91 Å². The second kappa shape index (κ2) is 8.52. The molecule has 0 spiro atoms. The average Bonchev–Trinajstić information content (AvgIpc) is 2.53. The highest BCUT2D eigenvalue weighted by Gasteiger charge is 2.00. The summed E-state index contributed by atoms with van der Waals surface area (Å²) < 4.78 is 0. The minimum absolute atomic E-state index is 0.00159. The SMILES string of the molecule is O=C(CS)NCCCCCNc1cccc2cccnc12. The van der Waals surface area contributed by atoms with Crippen molar-refractivity contribution in [2.45, 2.75) is 19.3 Å². The van der Waals surface area contributed by atoms with Crippen LogP contribution in [0.4, 0.5) is 5.69 Å².